The summed E-state index contributed by atoms with van der Waals surface area (Å²) < 4.78 is 5.51. The number of aliphatic hydroxyl groups excluding tert-OH is 1. The van der Waals surface area contributed by atoms with E-state index in [9.17, 15) is 5.11 Å². The van der Waals surface area contributed by atoms with Crippen molar-refractivity contribution in [2.75, 3.05) is 13.7 Å². The number of methoxy groups -OCH3 is 1. The Bertz CT molecular complexity index is 392. The molecule has 1 aromatic carbocycles. The Kier molecular flexibility index (Phi) is 3.64. The van der Waals surface area contributed by atoms with Crippen molar-refractivity contribution in [1.29, 1.82) is 0 Å². The summed E-state index contributed by atoms with van der Waals surface area (Å²) in [5, 5.41) is 9.50. The molecule has 0 aliphatic heterocycles. The summed E-state index contributed by atoms with van der Waals surface area (Å²) in [7, 11) is 1.69. The normalized spacial score (nSPS) is 11.7. The van der Waals surface area contributed by atoms with Crippen LogP contribution in [0.5, 0.6) is 5.75 Å². The second-order valence-electron chi connectivity index (χ2n) is 5.09. The van der Waals surface area contributed by atoms with Crippen LogP contribution in [-0.2, 0) is 5.41 Å². The summed E-state index contributed by atoms with van der Waals surface area (Å²) in [5.41, 5.74) is 4.41. The van der Waals surface area contributed by atoms with Gasteiger partial charge in [-0.15, -0.1) is 0 Å². The summed E-state index contributed by atoms with van der Waals surface area (Å²) in [5.74, 6) is 0.913. The van der Waals surface area contributed by atoms with Crippen LogP contribution in [0.4, 0.5) is 0 Å². The van der Waals surface area contributed by atoms with Crippen LogP contribution in [-0.4, -0.2) is 18.8 Å². The molecule has 2 heteroatoms. The molecule has 1 N–H and O–H groups in total. The molecule has 0 saturated carbocycles. The minimum Gasteiger partial charge on any atom is -0.496 e. The van der Waals surface area contributed by atoms with Gasteiger partial charge in [0.15, 0.2) is 0 Å². The molecule has 1 rings (SSSR count). The van der Waals surface area contributed by atoms with Crippen molar-refractivity contribution in [1.82, 2.24) is 0 Å². The predicted octanol–water partition coefficient (Wildman–Crippen LogP) is 2.89. The quantitative estimate of drug-likeness (QED) is 0.852. The van der Waals surface area contributed by atoms with Crippen LogP contribution in [0.2, 0.25) is 0 Å². The van der Waals surface area contributed by atoms with E-state index in [-0.39, 0.29) is 12.0 Å². The molecule has 0 spiro atoms. The van der Waals surface area contributed by atoms with E-state index in [0.29, 0.717) is 0 Å². The fourth-order valence-electron chi connectivity index (χ4n) is 2.23. The van der Waals surface area contributed by atoms with E-state index in [2.05, 4.69) is 26.8 Å². The highest BCUT2D eigenvalue weighted by atomic mass is 16.5. The molecule has 1 aromatic rings. The molecule has 0 heterocycles. The lowest BCUT2D eigenvalue weighted by molar-refractivity contribution is 0.214. The zero-order chi connectivity index (χ0) is 12.5. The van der Waals surface area contributed by atoms with Gasteiger partial charge in [-0.05, 0) is 37.5 Å². The Morgan fingerprint density at radius 3 is 2.19 bits per heavy atom. The minimum atomic E-state index is -0.270. The Morgan fingerprint density at radius 2 is 1.75 bits per heavy atom. The maximum absolute atomic E-state index is 9.50. The lowest BCUT2D eigenvalue weighted by Crippen LogP contribution is -2.24. The Hall–Kier alpha value is -1.02. The van der Waals surface area contributed by atoms with Crippen LogP contribution < -0.4 is 4.74 Å². The predicted molar refractivity (Wildman–Crippen MR) is 67.3 cm³/mol. The third kappa shape index (κ3) is 2.07. The Labute approximate surface area is 98.3 Å². The van der Waals surface area contributed by atoms with E-state index < -0.39 is 0 Å². The molecule has 0 atom stereocenters. The van der Waals surface area contributed by atoms with Gasteiger partial charge in [-0.1, -0.05) is 19.9 Å². The number of rotatable bonds is 3. The van der Waals surface area contributed by atoms with Crippen molar-refractivity contribution in [2.24, 2.45) is 0 Å². The van der Waals surface area contributed by atoms with Crippen molar-refractivity contribution < 1.29 is 9.84 Å². The fourth-order valence-corrected chi connectivity index (χ4v) is 2.23. The largest absolute Gasteiger partial charge is 0.496 e. The number of aryl methyl sites for hydroxylation is 2. The smallest absolute Gasteiger partial charge is 0.126 e. The highest BCUT2D eigenvalue weighted by Gasteiger charge is 2.27. The van der Waals surface area contributed by atoms with Crippen LogP contribution in [0, 0.1) is 20.8 Å². The molecule has 0 radical (unpaired) electrons. The second kappa shape index (κ2) is 4.46. The summed E-state index contributed by atoms with van der Waals surface area (Å²) in [4.78, 5) is 0. The molecule has 0 saturated heterocycles. The van der Waals surface area contributed by atoms with Crippen molar-refractivity contribution in [3.05, 3.63) is 28.3 Å². The van der Waals surface area contributed by atoms with Crippen LogP contribution in [0.3, 0.4) is 0 Å². The molecule has 2 nitrogen and oxygen atoms in total. The summed E-state index contributed by atoms with van der Waals surface area (Å²) >= 11 is 0. The second-order valence-corrected chi connectivity index (χ2v) is 5.09. The van der Waals surface area contributed by atoms with Gasteiger partial charge in [-0.3, -0.25) is 0 Å². The molecule has 0 unspecified atom stereocenters. The van der Waals surface area contributed by atoms with Gasteiger partial charge in [0.1, 0.15) is 5.75 Å². The average molecular weight is 222 g/mol. The van der Waals surface area contributed by atoms with Crippen LogP contribution >= 0.6 is 0 Å². The van der Waals surface area contributed by atoms with Gasteiger partial charge in [-0.2, -0.15) is 0 Å². The zero-order valence-corrected chi connectivity index (χ0v) is 11.1. The van der Waals surface area contributed by atoms with Crippen molar-refractivity contribution in [2.45, 2.75) is 40.0 Å². The molecule has 0 aromatic heterocycles. The van der Waals surface area contributed by atoms with E-state index in [1.54, 1.807) is 7.11 Å². The zero-order valence-electron chi connectivity index (χ0n) is 11.1. The van der Waals surface area contributed by atoms with Crippen LogP contribution in [0.1, 0.15) is 36.1 Å². The molecule has 0 amide bonds. The fraction of sp³-hybridized carbons (Fsp3) is 0.571. The van der Waals surface area contributed by atoms with Crippen LogP contribution in [0.25, 0.3) is 0 Å². The molecule has 0 fully saturated rings. The Balaban J connectivity index is 3.55. The maximum atomic E-state index is 9.50. The first-order chi connectivity index (χ1) is 7.35. The van der Waals surface area contributed by atoms with E-state index in [0.717, 1.165) is 16.9 Å². The SMILES string of the molecule is COc1c(C)c(C)cc(C)c1C(C)(C)CO. The number of benzene rings is 1. The maximum Gasteiger partial charge on any atom is 0.126 e. The average Bonchev–Trinajstić information content (AvgIpc) is 2.22. The monoisotopic (exact) mass is 222 g/mol. The minimum absolute atomic E-state index is 0.118. The highest BCUT2D eigenvalue weighted by Crippen LogP contribution is 2.37. The van der Waals surface area contributed by atoms with Gasteiger partial charge in [0.05, 0.1) is 13.7 Å². The van der Waals surface area contributed by atoms with Gasteiger partial charge < -0.3 is 9.84 Å². The molecule has 16 heavy (non-hydrogen) atoms. The third-order valence-corrected chi connectivity index (χ3v) is 3.26. The van der Waals surface area contributed by atoms with Crippen LogP contribution in [0.15, 0.2) is 6.07 Å². The lowest BCUT2D eigenvalue weighted by Gasteiger charge is -2.28. The Morgan fingerprint density at radius 1 is 1.19 bits per heavy atom. The first-order valence-electron chi connectivity index (χ1n) is 5.61. The van der Waals surface area contributed by atoms with Gasteiger partial charge in [-0.25, -0.2) is 0 Å². The van der Waals surface area contributed by atoms with Gasteiger partial charge >= 0.3 is 0 Å². The van der Waals surface area contributed by atoms with E-state index in [4.69, 9.17) is 4.74 Å². The lowest BCUT2D eigenvalue weighted by atomic mass is 9.80. The van der Waals surface area contributed by atoms with Crippen molar-refractivity contribution in [3.63, 3.8) is 0 Å². The molecule has 0 bridgehead atoms. The third-order valence-electron chi connectivity index (χ3n) is 3.26. The number of aliphatic hydroxyl groups is 1. The molecule has 0 aliphatic carbocycles. The van der Waals surface area contributed by atoms with Crippen molar-refractivity contribution >= 4 is 0 Å². The standard InChI is InChI=1S/C14H22O2/c1-9-7-10(2)12(14(4,5)8-15)13(16-6)11(9)3/h7,15H,8H2,1-6H3. The van der Waals surface area contributed by atoms with Gasteiger partial charge in [0.25, 0.3) is 0 Å². The summed E-state index contributed by atoms with van der Waals surface area (Å²) in [6, 6.07) is 2.16. The topological polar surface area (TPSA) is 29.5 Å². The summed E-state index contributed by atoms with van der Waals surface area (Å²) in [6.45, 7) is 10.4. The molecule has 90 valence electrons. The molecule has 0 aliphatic rings. The van der Waals surface area contributed by atoms with E-state index in [1.165, 1.54) is 11.1 Å². The summed E-state index contributed by atoms with van der Waals surface area (Å²) in [6.07, 6.45) is 0. The first-order valence-corrected chi connectivity index (χ1v) is 5.61. The number of hydrogen-bond acceptors (Lipinski definition) is 2. The van der Waals surface area contributed by atoms with E-state index in [1.807, 2.05) is 13.8 Å². The molecular formula is C14H22O2. The first kappa shape index (κ1) is 13.0. The number of ether oxygens (including phenoxy) is 1. The van der Waals surface area contributed by atoms with Gasteiger partial charge in [0, 0.05) is 11.0 Å². The number of hydrogen-bond donors (Lipinski definition) is 1. The molecular weight excluding hydrogens is 200 g/mol. The highest BCUT2D eigenvalue weighted by molar-refractivity contribution is 5.52. The van der Waals surface area contributed by atoms with Gasteiger partial charge in [0.2, 0.25) is 0 Å². The van der Waals surface area contributed by atoms with Crippen molar-refractivity contribution in [3.8, 4) is 5.75 Å². The van der Waals surface area contributed by atoms with E-state index >= 15 is 0 Å².